The minimum absolute atomic E-state index is 0.0349. The fourth-order valence-corrected chi connectivity index (χ4v) is 9.58. The third-order valence-electron chi connectivity index (χ3n) is 13.1. The van der Waals surface area contributed by atoms with Crippen molar-refractivity contribution in [2.45, 2.75) is 82.1 Å². The van der Waals surface area contributed by atoms with Crippen molar-refractivity contribution in [3.05, 3.63) is 78.2 Å². The van der Waals surface area contributed by atoms with E-state index in [2.05, 4.69) is 57.3 Å². The van der Waals surface area contributed by atoms with Gasteiger partial charge in [0.05, 0.1) is 32.2 Å². The Balaban J connectivity index is 0.886. The molecule has 4 fully saturated rings. The molecule has 4 N–H and O–H groups in total. The number of fused-ring (bicyclic) bond motifs is 1. The number of alkyl carbamates (subject to hydrolysis) is 2. The third kappa shape index (κ3) is 9.97. The number of carbonyl (C=O) groups is 5. The molecule has 334 valence electrons. The molecule has 0 spiro atoms. The second-order valence-electron chi connectivity index (χ2n) is 16.9. The number of aromatic amines is 1. The number of hydrogen-bond acceptors (Lipinski definition) is 10. The van der Waals surface area contributed by atoms with Crippen LogP contribution < -0.4 is 16.0 Å². The summed E-state index contributed by atoms with van der Waals surface area (Å²) in [6.45, 7) is 3.49. The molecule has 16 heteroatoms. The zero-order valence-corrected chi connectivity index (χ0v) is 35.9. The molecule has 4 saturated heterocycles. The lowest BCUT2D eigenvalue weighted by Gasteiger charge is -2.34. The van der Waals surface area contributed by atoms with Crippen LogP contribution in [0.2, 0.25) is 0 Å². The molecule has 3 aromatic carbocycles. The summed E-state index contributed by atoms with van der Waals surface area (Å²) in [7, 11) is 2.58. The molecule has 4 unspecified atom stereocenters. The monoisotopic (exact) mass is 863 g/mol. The smallest absolute Gasteiger partial charge is 0.407 e. The van der Waals surface area contributed by atoms with E-state index in [9.17, 15) is 24.0 Å². The molecule has 4 aliphatic heterocycles. The van der Waals surface area contributed by atoms with E-state index in [1.54, 1.807) is 4.90 Å². The van der Waals surface area contributed by atoms with Gasteiger partial charge in [-0.1, -0.05) is 48.5 Å². The number of carbonyl (C=O) groups excluding carboxylic acids is 5. The maximum Gasteiger partial charge on any atom is 0.407 e. The predicted octanol–water partition coefficient (Wildman–Crippen LogP) is 5.47. The van der Waals surface area contributed by atoms with Gasteiger partial charge in [0.2, 0.25) is 17.7 Å². The number of ether oxygens (including phenoxy) is 4. The predicted molar refractivity (Wildman–Crippen MR) is 233 cm³/mol. The first-order valence-corrected chi connectivity index (χ1v) is 22.1. The topological polar surface area (TPSA) is 194 Å². The molecule has 0 bridgehead atoms. The first kappa shape index (κ1) is 43.6. The molecule has 1 aromatic heterocycles. The van der Waals surface area contributed by atoms with E-state index in [0.717, 1.165) is 57.4 Å². The Morgan fingerprint density at radius 1 is 0.698 bits per heavy atom. The van der Waals surface area contributed by atoms with Gasteiger partial charge in [-0.2, -0.15) is 0 Å². The molecule has 5 heterocycles. The highest BCUT2D eigenvalue weighted by molar-refractivity contribution is 5.93. The fraction of sp³-hybridized carbons (Fsp3) is 0.489. The summed E-state index contributed by atoms with van der Waals surface area (Å²) < 4.78 is 20.7. The molecule has 0 aliphatic carbocycles. The van der Waals surface area contributed by atoms with Crippen molar-refractivity contribution in [2.75, 3.05) is 53.7 Å². The summed E-state index contributed by atoms with van der Waals surface area (Å²) in [6, 6.07) is 18.4. The lowest BCUT2D eigenvalue weighted by molar-refractivity contribution is -0.141. The quantitative estimate of drug-likeness (QED) is 0.142. The normalized spacial score (nSPS) is 20.5. The molecule has 4 aromatic rings. The number of nitrogens with zero attached hydrogens (tertiary/aromatic N) is 3. The zero-order chi connectivity index (χ0) is 43.9. The second-order valence-corrected chi connectivity index (χ2v) is 16.9. The van der Waals surface area contributed by atoms with Crippen molar-refractivity contribution in [3.8, 4) is 22.4 Å². The van der Waals surface area contributed by atoms with Crippen LogP contribution in [-0.4, -0.2) is 122 Å². The highest BCUT2D eigenvalue weighted by atomic mass is 16.5. The molecule has 16 nitrogen and oxygen atoms in total. The van der Waals surface area contributed by atoms with E-state index in [4.69, 9.17) is 23.9 Å². The van der Waals surface area contributed by atoms with Gasteiger partial charge in [-0.05, 0) is 103 Å². The Labute approximate surface area is 366 Å². The average Bonchev–Trinajstić information content (AvgIpc) is 4.14. The van der Waals surface area contributed by atoms with Crippen LogP contribution in [0, 0.1) is 11.8 Å². The first-order valence-electron chi connectivity index (χ1n) is 22.1. The number of amides is 5. The van der Waals surface area contributed by atoms with E-state index in [0.29, 0.717) is 84.6 Å². The molecule has 0 radical (unpaired) electrons. The Bertz CT molecular complexity index is 2270. The van der Waals surface area contributed by atoms with Crippen molar-refractivity contribution in [2.24, 2.45) is 11.8 Å². The summed E-state index contributed by atoms with van der Waals surface area (Å²) in [5.41, 5.74) is 4.86. The van der Waals surface area contributed by atoms with Gasteiger partial charge in [0.15, 0.2) is 0 Å². The van der Waals surface area contributed by atoms with E-state index in [1.165, 1.54) is 14.2 Å². The number of imidazole rings is 1. The SMILES string of the molecule is COC(=O)NC(C(=O)N1CCCC1C(=O)NCc1ccc(-c2ccc3cc(-c4cnc(C5CCCN5C(=O)C(NC(=O)OC)C5CCOCC5)[nH]4)ccc3c2)cc1)C1CCOCC1. The van der Waals surface area contributed by atoms with Gasteiger partial charge in [-0.15, -0.1) is 0 Å². The maximum atomic E-state index is 14.0. The van der Waals surface area contributed by atoms with Crippen molar-refractivity contribution < 1.29 is 42.9 Å². The van der Waals surface area contributed by atoms with Gasteiger partial charge in [-0.3, -0.25) is 14.4 Å². The van der Waals surface area contributed by atoms with E-state index in [1.807, 2.05) is 35.4 Å². The number of rotatable bonds is 12. The Morgan fingerprint density at radius 3 is 1.86 bits per heavy atom. The Hall–Kier alpha value is -6.00. The summed E-state index contributed by atoms with van der Waals surface area (Å²) >= 11 is 0. The van der Waals surface area contributed by atoms with Crippen LogP contribution in [0.3, 0.4) is 0 Å². The van der Waals surface area contributed by atoms with Crippen molar-refractivity contribution >= 4 is 40.7 Å². The maximum absolute atomic E-state index is 14.0. The number of likely N-dealkylation sites (tertiary alicyclic amines) is 2. The fourth-order valence-electron chi connectivity index (χ4n) is 9.58. The van der Waals surface area contributed by atoms with Gasteiger partial charge in [-0.25, -0.2) is 14.6 Å². The number of methoxy groups -OCH3 is 2. The summed E-state index contributed by atoms with van der Waals surface area (Å²) in [4.78, 5) is 77.4. The number of H-pyrrole nitrogens is 1. The largest absolute Gasteiger partial charge is 0.453 e. The molecule has 5 amide bonds. The standard InChI is InChI=1S/C47H57N7O9/c1-60-46(58)51-40(31-15-21-62-22-16-31)44(56)53-19-3-5-38(53)42-48-28-37(50-42)36-14-13-34-25-33(11-12-35(34)26-36)30-9-7-29(8-10-30)27-49-43(55)39-6-4-20-54(39)45(57)41(52-47(59)61-2)32-17-23-63-24-18-32/h7-14,25-26,28,31-32,38-41H,3-6,15-24,27H2,1-2H3,(H,48,50)(H,49,55)(H,51,58)(H,52,59). The minimum Gasteiger partial charge on any atom is -0.453 e. The third-order valence-corrected chi connectivity index (χ3v) is 13.1. The van der Waals surface area contributed by atoms with Gasteiger partial charge in [0.1, 0.15) is 23.9 Å². The van der Waals surface area contributed by atoms with Gasteiger partial charge in [0.25, 0.3) is 0 Å². The van der Waals surface area contributed by atoms with Crippen LogP contribution >= 0.6 is 0 Å². The van der Waals surface area contributed by atoms with Crippen LogP contribution in [0.1, 0.15) is 68.8 Å². The van der Waals surface area contributed by atoms with Crippen LogP contribution in [0.4, 0.5) is 9.59 Å². The lowest BCUT2D eigenvalue weighted by Crippen LogP contribution is -2.56. The van der Waals surface area contributed by atoms with Crippen LogP contribution in [-0.2, 0) is 39.9 Å². The van der Waals surface area contributed by atoms with Crippen LogP contribution in [0.25, 0.3) is 33.2 Å². The van der Waals surface area contributed by atoms with Gasteiger partial charge >= 0.3 is 12.2 Å². The number of benzene rings is 3. The van der Waals surface area contributed by atoms with Gasteiger partial charge in [0, 0.05) is 51.6 Å². The van der Waals surface area contributed by atoms with E-state index < -0.39 is 30.3 Å². The molecule has 8 rings (SSSR count). The first-order chi connectivity index (χ1) is 30.7. The zero-order valence-electron chi connectivity index (χ0n) is 35.9. The van der Waals surface area contributed by atoms with Crippen molar-refractivity contribution in [3.63, 3.8) is 0 Å². The molecule has 4 atom stereocenters. The number of hydrogen-bond donors (Lipinski definition) is 4. The average molecular weight is 864 g/mol. The van der Waals surface area contributed by atoms with E-state index in [-0.39, 0.29) is 35.6 Å². The highest BCUT2D eigenvalue weighted by Gasteiger charge is 2.42. The molecular formula is C47H57N7O9. The molecule has 63 heavy (non-hydrogen) atoms. The van der Waals surface area contributed by atoms with Gasteiger partial charge < -0.3 is 49.7 Å². The van der Waals surface area contributed by atoms with Crippen molar-refractivity contribution in [1.82, 2.24) is 35.7 Å². The Kier molecular flexibility index (Phi) is 13.9. The molecular weight excluding hydrogens is 807 g/mol. The van der Waals surface area contributed by atoms with Crippen LogP contribution in [0.5, 0.6) is 0 Å². The minimum atomic E-state index is -0.779. The summed E-state index contributed by atoms with van der Waals surface area (Å²) in [6.07, 6.45) is 6.05. The molecule has 0 saturated carbocycles. The molecule has 4 aliphatic rings. The van der Waals surface area contributed by atoms with Crippen molar-refractivity contribution in [1.29, 1.82) is 0 Å². The summed E-state index contributed by atoms with van der Waals surface area (Å²) in [5.74, 6) is -0.00602. The second kappa shape index (κ2) is 20.0. The number of aromatic nitrogens is 2. The lowest BCUT2D eigenvalue weighted by atomic mass is 9.90. The summed E-state index contributed by atoms with van der Waals surface area (Å²) in [5, 5.41) is 10.7. The number of nitrogens with one attached hydrogen (secondary N) is 4. The highest BCUT2D eigenvalue weighted by Crippen LogP contribution is 2.35. The van der Waals surface area contributed by atoms with Crippen LogP contribution in [0.15, 0.2) is 66.9 Å². The van der Waals surface area contributed by atoms with E-state index >= 15 is 0 Å². The Morgan fingerprint density at radius 2 is 1.24 bits per heavy atom.